The number of para-hydroxylation sites is 1. The van der Waals surface area contributed by atoms with E-state index in [-0.39, 0.29) is 62.6 Å². The van der Waals surface area contributed by atoms with Crippen LogP contribution in [0.25, 0.3) is 22.0 Å². The maximum absolute atomic E-state index is 14.8. The summed E-state index contributed by atoms with van der Waals surface area (Å²) in [6, 6.07) is 35.5. The van der Waals surface area contributed by atoms with Gasteiger partial charge in [-0.2, -0.15) is 0 Å². The van der Waals surface area contributed by atoms with Crippen LogP contribution in [0.4, 0.5) is 10.5 Å². The van der Waals surface area contributed by atoms with Crippen LogP contribution in [0.5, 0.6) is 11.5 Å². The number of benzene rings is 5. The quantitative estimate of drug-likeness (QED) is 0.119. The molecule has 2 fully saturated rings. The molecule has 0 bridgehead atoms. The number of fused-ring (bicyclic) bond motifs is 2. The van der Waals surface area contributed by atoms with Crippen molar-refractivity contribution in [3.8, 4) is 22.6 Å². The number of ether oxygens (including phenoxy) is 1. The van der Waals surface area contributed by atoms with E-state index in [0.717, 1.165) is 38.7 Å². The molecular weight excluding hydrogens is 771 g/mol. The van der Waals surface area contributed by atoms with Gasteiger partial charge in [-0.05, 0) is 58.7 Å². The number of nitrogens with one attached hydrogen (secondary N) is 2. The van der Waals surface area contributed by atoms with E-state index < -0.39 is 18.2 Å². The van der Waals surface area contributed by atoms with Gasteiger partial charge in [0.05, 0.1) is 25.7 Å². The van der Waals surface area contributed by atoms with Gasteiger partial charge in [0.1, 0.15) is 23.7 Å². The van der Waals surface area contributed by atoms with Crippen molar-refractivity contribution in [2.24, 2.45) is 7.05 Å². The number of rotatable bonds is 12. The molecule has 0 saturated carbocycles. The predicted molar refractivity (Wildman–Crippen MR) is 233 cm³/mol. The Bertz CT molecular complexity index is 2590. The first kappa shape index (κ1) is 40.4. The second-order valence-electron chi connectivity index (χ2n) is 15.2. The number of urea groups is 1. The van der Waals surface area contributed by atoms with Gasteiger partial charge in [0.15, 0.2) is 0 Å². The number of carbonyl (C=O) groups is 4. The van der Waals surface area contributed by atoms with Crippen LogP contribution >= 0.6 is 0 Å². The van der Waals surface area contributed by atoms with Gasteiger partial charge in [-0.3, -0.25) is 14.4 Å². The molecular formula is C48H47N7O6. The number of aromatic hydroxyl groups is 1. The van der Waals surface area contributed by atoms with Crippen molar-refractivity contribution in [2.75, 3.05) is 32.1 Å². The molecule has 2 atom stereocenters. The van der Waals surface area contributed by atoms with Crippen molar-refractivity contribution in [3.05, 3.63) is 162 Å². The smallest absolute Gasteiger partial charge is 0.334 e. The lowest BCUT2D eigenvalue weighted by molar-refractivity contribution is -0.189. The second-order valence-corrected chi connectivity index (χ2v) is 15.2. The maximum atomic E-state index is 14.8. The number of anilines is 1. The number of carbonyl (C=O) groups excluding carboxylic acids is 4. The molecule has 5 aromatic carbocycles. The van der Waals surface area contributed by atoms with Crippen LogP contribution in [0.15, 0.2) is 140 Å². The molecule has 8 rings (SSSR count). The summed E-state index contributed by atoms with van der Waals surface area (Å²) in [6.45, 7) is 4.57. The van der Waals surface area contributed by atoms with Gasteiger partial charge >= 0.3 is 6.03 Å². The molecule has 3 N–H and O–H groups in total. The summed E-state index contributed by atoms with van der Waals surface area (Å²) in [4.78, 5) is 59.5. The highest BCUT2D eigenvalue weighted by atomic mass is 16.5. The van der Waals surface area contributed by atoms with Crippen LogP contribution in [-0.2, 0) is 36.1 Å². The average molecular weight is 818 g/mol. The first-order chi connectivity index (χ1) is 29.6. The molecule has 2 saturated heterocycles. The fraction of sp³-hybridized carbons (Fsp3) is 0.208. The highest BCUT2D eigenvalue weighted by Gasteiger charge is 2.51. The number of hydrogen-bond acceptors (Lipinski definition) is 7. The number of piperazine rings is 1. The van der Waals surface area contributed by atoms with Crippen LogP contribution in [-0.4, -0.2) is 92.2 Å². The minimum Gasteiger partial charge on any atom is -0.508 e. The van der Waals surface area contributed by atoms with Crippen molar-refractivity contribution in [3.63, 3.8) is 0 Å². The second kappa shape index (κ2) is 17.5. The molecule has 1 aromatic heterocycles. The first-order valence-electron chi connectivity index (χ1n) is 20.1. The van der Waals surface area contributed by atoms with Crippen molar-refractivity contribution >= 4 is 40.3 Å². The van der Waals surface area contributed by atoms with E-state index in [1.807, 2.05) is 90.6 Å². The molecule has 3 heterocycles. The number of phenols is 1. The molecule has 0 radical (unpaired) electrons. The molecule has 310 valence electrons. The summed E-state index contributed by atoms with van der Waals surface area (Å²) in [5.41, 5.74) is 6.49. The number of hydrogen-bond donors (Lipinski definition) is 3. The van der Waals surface area contributed by atoms with E-state index in [1.54, 1.807) is 81.5 Å². The number of phenolic OH excluding ortho intramolecular Hbond substituents is 1. The van der Waals surface area contributed by atoms with Crippen molar-refractivity contribution in [2.45, 2.75) is 31.7 Å². The summed E-state index contributed by atoms with van der Waals surface area (Å²) in [6.07, 6.45) is 3.06. The third kappa shape index (κ3) is 8.41. The Morgan fingerprint density at radius 2 is 1.66 bits per heavy atom. The van der Waals surface area contributed by atoms with E-state index in [1.165, 1.54) is 0 Å². The van der Waals surface area contributed by atoms with Crippen molar-refractivity contribution < 1.29 is 29.0 Å². The van der Waals surface area contributed by atoms with E-state index >= 15 is 0 Å². The van der Waals surface area contributed by atoms with Crippen LogP contribution in [0.2, 0.25) is 0 Å². The minimum absolute atomic E-state index is 0.0655. The van der Waals surface area contributed by atoms with Gasteiger partial charge in [0.25, 0.3) is 5.91 Å². The molecule has 13 nitrogen and oxygen atoms in total. The topological polar surface area (TPSA) is 140 Å². The third-order valence-corrected chi connectivity index (χ3v) is 11.3. The van der Waals surface area contributed by atoms with Crippen molar-refractivity contribution in [1.29, 1.82) is 0 Å². The molecule has 2 aliphatic heterocycles. The molecule has 0 spiro atoms. The SMILES string of the molecule is C=CCN1CC(=O)N2[C@@H](Cc3ccc(O)cc3)C(=O)N(Cc3cccc4c(-c5ccc(C(=O)Nc6cccc(OC)c6)cc5)cn(C)c34)C[C@@H]2N1C(=O)NCc1ccccc1. The Kier molecular flexibility index (Phi) is 11.6. The van der Waals surface area contributed by atoms with Gasteiger partial charge in [-0.1, -0.05) is 84.9 Å². The Labute approximate surface area is 354 Å². The Morgan fingerprint density at radius 3 is 2.39 bits per heavy atom. The normalized spacial score (nSPS) is 16.7. The lowest BCUT2D eigenvalue weighted by Gasteiger charge is -2.55. The number of nitrogens with zero attached hydrogens (tertiary/aromatic N) is 5. The number of aromatic nitrogens is 1. The third-order valence-electron chi connectivity index (χ3n) is 11.3. The van der Waals surface area contributed by atoms with Crippen LogP contribution in [0.1, 0.15) is 27.0 Å². The molecule has 61 heavy (non-hydrogen) atoms. The Balaban J connectivity index is 1.10. The van der Waals surface area contributed by atoms with E-state index in [9.17, 15) is 24.3 Å². The lowest BCUT2D eigenvalue weighted by atomic mass is 9.97. The fourth-order valence-electron chi connectivity index (χ4n) is 8.37. The molecule has 13 heteroatoms. The summed E-state index contributed by atoms with van der Waals surface area (Å²) in [7, 11) is 3.54. The van der Waals surface area contributed by atoms with Crippen LogP contribution in [0, 0.1) is 0 Å². The van der Waals surface area contributed by atoms with Crippen LogP contribution in [0.3, 0.4) is 0 Å². The maximum Gasteiger partial charge on any atom is 0.334 e. The standard InChI is InChI=1S/C48H47N7O6/c1-4-24-53-31-44(57)54-42(25-32-16-22-38(56)23-17-32)47(59)52(30-43(54)55(53)48(60)49-27-33-10-6-5-7-11-33)28-36-12-8-15-40-41(29-51(2)45(36)40)34-18-20-35(21-19-34)46(58)50-37-13-9-14-39(26-37)61-3/h4-23,26,29,42-43,56H,1,24-25,27-28,30-31H2,2-3H3,(H,49,60)(H,50,58)/t42-,43-/m0/s1. The number of aryl methyl sites for hydroxylation is 1. The summed E-state index contributed by atoms with van der Waals surface area (Å²) in [5.74, 6) is -0.0166. The summed E-state index contributed by atoms with van der Waals surface area (Å²) in [5, 5.41) is 20.2. The largest absolute Gasteiger partial charge is 0.508 e. The van der Waals surface area contributed by atoms with Crippen molar-refractivity contribution in [1.82, 2.24) is 29.7 Å². The first-order valence-corrected chi connectivity index (χ1v) is 20.1. The highest BCUT2D eigenvalue weighted by molar-refractivity contribution is 6.05. The molecule has 6 aromatic rings. The van der Waals surface area contributed by atoms with Gasteiger partial charge in [0, 0.05) is 67.6 Å². The number of amides is 5. The number of hydrazine groups is 1. The van der Waals surface area contributed by atoms with Gasteiger partial charge in [-0.15, -0.1) is 6.58 Å². The zero-order valence-corrected chi connectivity index (χ0v) is 34.0. The molecule has 0 unspecified atom stereocenters. The van der Waals surface area contributed by atoms with Gasteiger partial charge in [0.2, 0.25) is 11.8 Å². The van der Waals surface area contributed by atoms with Gasteiger partial charge in [-0.25, -0.2) is 14.8 Å². The zero-order chi connectivity index (χ0) is 42.6. The summed E-state index contributed by atoms with van der Waals surface area (Å²) >= 11 is 0. The van der Waals surface area contributed by atoms with Gasteiger partial charge < -0.3 is 34.8 Å². The van der Waals surface area contributed by atoms with Crippen LogP contribution < -0.4 is 15.4 Å². The molecule has 5 amide bonds. The fourth-order valence-corrected chi connectivity index (χ4v) is 8.37. The zero-order valence-electron chi connectivity index (χ0n) is 34.0. The Morgan fingerprint density at radius 1 is 0.902 bits per heavy atom. The highest BCUT2D eigenvalue weighted by Crippen LogP contribution is 2.35. The molecule has 0 aliphatic carbocycles. The van der Waals surface area contributed by atoms with E-state index in [0.29, 0.717) is 17.0 Å². The average Bonchev–Trinajstić information content (AvgIpc) is 3.62. The van der Waals surface area contributed by atoms with E-state index in [4.69, 9.17) is 4.74 Å². The summed E-state index contributed by atoms with van der Waals surface area (Å²) < 4.78 is 7.32. The predicted octanol–water partition coefficient (Wildman–Crippen LogP) is 6.55. The monoisotopic (exact) mass is 817 g/mol. The Hall–Kier alpha value is -7.38. The molecule has 2 aliphatic rings. The van der Waals surface area contributed by atoms with E-state index in [2.05, 4.69) is 17.2 Å². The lowest BCUT2D eigenvalue weighted by Crippen LogP contribution is -2.76. The number of methoxy groups -OCH3 is 1. The minimum atomic E-state index is -0.922.